The first-order valence-electron chi connectivity index (χ1n) is 5.10. The van der Waals surface area contributed by atoms with E-state index < -0.39 is 35.0 Å². The molecule has 0 saturated carbocycles. The van der Waals surface area contributed by atoms with Crippen molar-refractivity contribution < 1.29 is 22.8 Å². The quantitative estimate of drug-likeness (QED) is 0.884. The van der Waals surface area contributed by atoms with Gasteiger partial charge in [-0.2, -0.15) is 13.2 Å². The number of carbonyl (C=O) groups excluding carboxylic acids is 2. The van der Waals surface area contributed by atoms with Crippen molar-refractivity contribution in [1.29, 1.82) is 0 Å². The molecule has 0 aromatic carbocycles. The maximum Gasteiger partial charge on any atom is 0.417 e. The van der Waals surface area contributed by atoms with Crippen LogP contribution in [-0.2, 0) is 11.0 Å². The number of carbonyl (C=O) groups is 2. The van der Waals surface area contributed by atoms with Gasteiger partial charge in [0, 0.05) is 18.3 Å². The van der Waals surface area contributed by atoms with E-state index >= 15 is 0 Å². The summed E-state index contributed by atoms with van der Waals surface area (Å²) in [5.41, 5.74) is -1.79. The Bertz CT molecular complexity index is 470. The molecular formula is C11H11F3N2O2. The van der Waals surface area contributed by atoms with Crippen molar-refractivity contribution in [3.8, 4) is 0 Å². The Hall–Kier alpha value is -1.92. The Balaban J connectivity index is 3.04. The fourth-order valence-corrected chi connectivity index (χ4v) is 1.15. The topological polar surface area (TPSA) is 59.1 Å². The second-order valence-electron chi connectivity index (χ2n) is 3.89. The third-order valence-electron chi connectivity index (χ3n) is 2.13. The van der Waals surface area contributed by atoms with Crippen LogP contribution in [0.3, 0.4) is 0 Å². The van der Waals surface area contributed by atoms with Gasteiger partial charge in [0.1, 0.15) is 0 Å². The predicted molar refractivity (Wildman–Crippen MR) is 56.6 cm³/mol. The van der Waals surface area contributed by atoms with Crippen molar-refractivity contribution >= 4 is 11.8 Å². The van der Waals surface area contributed by atoms with Crippen molar-refractivity contribution in [3.63, 3.8) is 0 Å². The summed E-state index contributed by atoms with van der Waals surface area (Å²) in [6, 6.07) is 0.689. The largest absolute Gasteiger partial charge is 0.417 e. The van der Waals surface area contributed by atoms with Crippen LogP contribution < -0.4 is 5.32 Å². The third kappa shape index (κ3) is 3.28. The van der Waals surface area contributed by atoms with Crippen LogP contribution >= 0.6 is 0 Å². The molecule has 18 heavy (non-hydrogen) atoms. The summed E-state index contributed by atoms with van der Waals surface area (Å²) in [6.07, 6.45) is -2.95. The van der Waals surface area contributed by atoms with E-state index in [0.717, 1.165) is 12.4 Å². The maximum atomic E-state index is 12.6. The van der Waals surface area contributed by atoms with Gasteiger partial charge in [0.2, 0.25) is 5.91 Å². The van der Waals surface area contributed by atoms with E-state index in [4.69, 9.17) is 0 Å². The van der Waals surface area contributed by atoms with Gasteiger partial charge < -0.3 is 0 Å². The molecular weight excluding hydrogens is 249 g/mol. The lowest BCUT2D eigenvalue weighted by atomic mass is 10.1. The number of amides is 2. The molecule has 0 atom stereocenters. The smallest absolute Gasteiger partial charge is 0.292 e. The maximum absolute atomic E-state index is 12.6. The van der Waals surface area contributed by atoms with Crippen LogP contribution in [0, 0.1) is 5.92 Å². The summed E-state index contributed by atoms with van der Waals surface area (Å²) in [5, 5.41) is 1.89. The van der Waals surface area contributed by atoms with Crippen LogP contribution in [0.4, 0.5) is 13.2 Å². The van der Waals surface area contributed by atoms with E-state index in [0.29, 0.717) is 6.07 Å². The molecule has 2 amide bonds. The number of hydrogen-bond donors (Lipinski definition) is 1. The molecule has 0 radical (unpaired) electrons. The number of alkyl halides is 3. The predicted octanol–water partition coefficient (Wildman–Crippen LogP) is 2.01. The van der Waals surface area contributed by atoms with Crippen LogP contribution in [0.2, 0.25) is 0 Å². The van der Waals surface area contributed by atoms with Crippen molar-refractivity contribution in [2.24, 2.45) is 5.92 Å². The van der Waals surface area contributed by atoms with Gasteiger partial charge in [-0.15, -0.1) is 0 Å². The van der Waals surface area contributed by atoms with Gasteiger partial charge in [0.05, 0.1) is 11.1 Å². The number of pyridine rings is 1. The average Bonchev–Trinajstić information content (AvgIpc) is 2.27. The summed E-state index contributed by atoms with van der Waals surface area (Å²) in [7, 11) is 0. The first kappa shape index (κ1) is 14.1. The lowest BCUT2D eigenvalue weighted by molar-refractivity contribution is -0.138. The van der Waals surface area contributed by atoms with Gasteiger partial charge in [-0.3, -0.25) is 19.9 Å². The second-order valence-corrected chi connectivity index (χ2v) is 3.89. The average molecular weight is 260 g/mol. The fraction of sp³-hybridized carbons (Fsp3) is 0.364. The first-order chi connectivity index (χ1) is 8.23. The Kier molecular flexibility index (Phi) is 4.05. The van der Waals surface area contributed by atoms with Gasteiger partial charge in [-0.1, -0.05) is 13.8 Å². The SMILES string of the molecule is CC(C)C(=O)NC(=O)c1cnccc1C(F)(F)F. The van der Waals surface area contributed by atoms with E-state index in [-0.39, 0.29) is 0 Å². The van der Waals surface area contributed by atoms with Crippen LogP contribution in [0.15, 0.2) is 18.5 Å². The molecule has 7 heteroatoms. The van der Waals surface area contributed by atoms with Crippen LogP contribution in [0.5, 0.6) is 0 Å². The summed E-state index contributed by atoms with van der Waals surface area (Å²) >= 11 is 0. The lowest BCUT2D eigenvalue weighted by Gasteiger charge is -2.12. The Labute approximate surface area is 101 Å². The molecule has 0 saturated heterocycles. The monoisotopic (exact) mass is 260 g/mol. The number of imide groups is 1. The lowest BCUT2D eigenvalue weighted by Crippen LogP contribution is -2.34. The molecule has 1 aromatic heterocycles. The normalized spacial score (nSPS) is 11.4. The molecule has 0 aliphatic heterocycles. The highest BCUT2D eigenvalue weighted by Gasteiger charge is 2.35. The van der Waals surface area contributed by atoms with E-state index in [9.17, 15) is 22.8 Å². The first-order valence-corrected chi connectivity index (χ1v) is 5.10. The number of aromatic nitrogens is 1. The van der Waals surface area contributed by atoms with Crippen molar-refractivity contribution in [3.05, 3.63) is 29.6 Å². The molecule has 98 valence electrons. The molecule has 1 heterocycles. The van der Waals surface area contributed by atoms with Gasteiger partial charge >= 0.3 is 6.18 Å². The number of halogens is 3. The minimum Gasteiger partial charge on any atom is -0.292 e. The van der Waals surface area contributed by atoms with Crippen molar-refractivity contribution in [2.45, 2.75) is 20.0 Å². The molecule has 4 nitrogen and oxygen atoms in total. The minimum absolute atomic E-state index is 0.500. The highest BCUT2D eigenvalue weighted by molar-refractivity contribution is 6.05. The van der Waals surface area contributed by atoms with Crippen LogP contribution in [0.1, 0.15) is 29.8 Å². The van der Waals surface area contributed by atoms with Crippen molar-refractivity contribution in [1.82, 2.24) is 10.3 Å². The number of nitrogens with one attached hydrogen (secondary N) is 1. The molecule has 0 unspecified atom stereocenters. The Morgan fingerprint density at radius 1 is 1.33 bits per heavy atom. The zero-order chi connectivity index (χ0) is 13.9. The minimum atomic E-state index is -4.67. The summed E-state index contributed by atoms with van der Waals surface area (Å²) in [5.74, 6) is -2.24. The highest BCUT2D eigenvalue weighted by atomic mass is 19.4. The number of hydrogen-bond acceptors (Lipinski definition) is 3. The Morgan fingerprint density at radius 2 is 1.94 bits per heavy atom. The van der Waals surface area contributed by atoms with Gasteiger partial charge in [0.15, 0.2) is 0 Å². The van der Waals surface area contributed by atoms with Gasteiger partial charge in [-0.25, -0.2) is 0 Å². The molecule has 0 aliphatic carbocycles. The Morgan fingerprint density at radius 3 is 2.44 bits per heavy atom. The zero-order valence-electron chi connectivity index (χ0n) is 9.71. The fourth-order valence-electron chi connectivity index (χ4n) is 1.15. The van der Waals surface area contributed by atoms with E-state index in [1.807, 2.05) is 5.32 Å². The van der Waals surface area contributed by atoms with E-state index in [1.54, 1.807) is 0 Å². The summed E-state index contributed by atoms with van der Waals surface area (Å²) in [6.45, 7) is 3.05. The van der Waals surface area contributed by atoms with Crippen molar-refractivity contribution in [2.75, 3.05) is 0 Å². The molecule has 1 rings (SSSR count). The number of rotatable bonds is 2. The second kappa shape index (κ2) is 5.16. The molecule has 1 aromatic rings. The van der Waals surface area contributed by atoms with Gasteiger partial charge in [-0.05, 0) is 6.07 Å². The van der Waals surface area contributed by atoms with E-state index in [2.05, 4.69) is 4.98 Å². The highest BCUT2D eigenvalue weighted by Crippen LogP contribution is 2.31. The molecule has 1 N–H and O–H groups in total. The van der Waals surface area contributed by atoms with E-state index in [1.165, 1.54) is 13.8 Å². The number of nitrogens with zero attached hydrogens (tertiary/aromatic N) is 1. The molecule has 0 aliphatic rings. The standard InChI is InChI=1S/C11H11F3N2O2/c1-6(2)9(17)16-10(18)7-5-15-4-3-8(7)11(12,13)14/h3-6H,1-2H3,(H,16,17,18). The molecule has 0 fully saturated rings. The zero-order valence-corrected chi connectivity index (χ0v) is 9.71. The summed E-state index contributed by atoms with van der Waals surface area (Å²) in [4.78, 5) is 26.3. The van der Waals surface area contributed by atoms with Gasteiger partial charge in [0.25, 0.3) is 5.91 Å². The molecule has 0 spiro atoms. The molecule has 0 bridgehead atoms. The van der Waals surface area contributed by atoms with Crippen LogP contribution in [-0.4, -0.2) is 16.8 Å². The summed E-state index contributed by atoms with van der Waals surface area (Å²) < 4.78 is 37.8. The third-order valence-corrected chi connectivity index (χ3v) is 2.13. The van der Waals surface area contributed by atoms with Crippen LogP contribution in [0.25, 0.3) is 0 Å².